The van der Waals surface area contributed by atoms with Crippen LogP contribution in [0.1, 0.15) is 25.0 Å². The number of hydrogen-bond donors (Lipinski definition) is 2. The number of para-hydroxylation sites is 1. The molecule has 1 atom stereocenters. The molecule has 2 aromatic carbocycles. The standard InChI is InChI=1S/C26H26ClFN6OS/c1-34-11-3-4-15(34)13-35-26-32-22(14-7-9-30-10-8-14)17-12-18(27)20(21(28)24(17)33-26)16-5-2-6-19-23(16)31-25(29)36-19/h2,5-7,12,15,30H,3-4,8-11,13H2,1H3,(H2,29,31). The Hall–Kier alpha value is -2.85. The normalized spacial score (nSPS) is 18.8. The topological polar surface area (TPSA) is 89.2 Å². The number of rotatable bonds is 5. The van der Waals surface area contributed by atoms with Crippen molar-refractivity contribution in [3.05, 3.63) is 46.9 Å². The Balaban J connectivity index is 1.52. The van der Waals surface area contributed by atoms with Crippen LogP contribution in [0.2, 0.25) is 5.02 Å². The van der Waals surface area contributed by atoms with E-state index in [1.54, 1.807) is 6.07 Å². The Morgan fingerprint density at radius 1 is 1.28 bits per heavy atom. The van der Waals surface area contributed by atoms with Gasteiger partial charge in [0.05, 0.1) is 20.9 Å². The van der Waals surface area contributed by atoms with Gasteiger partial charge in [-0.15, -0.1) is 0 Å². The monoisotopic (exact) mass is 524 g/mol. The van der Waals surface area contributed by atoms with E-state index in [9.17, 15) is 0 Å². The number of halogens is 2. The summed E-state index contributed by atoms with van der Waals surface area (Å²) in [6.45, 7) is 3.05. The number of anilines is 1. The van der Waals surface area contributed by atoms with E-state index in [0.717, 1.165) is 49.2 Å². The Morgan fingerprint density at radius 3 is 2.94 bits per heavy atom. The summed E-state index contributed by atoms with van der Waals surface area (Å²) in [5, 5.41) is 4.59. The summed E-state index contributed by atoms with van der Waals surface area (Å²) in [5.74, 6) is -0.516. The Morgan fingerprint density at radius 2 is 2.17 bits per heavy atom. The molecule has 2 aliphatic heterocycles. The molecule has 7 nitrogen and oxygen atoms in total. The Kier molecular flexibility index (Phi) is 6.25. The minimum atomic E-state index is -0.516. The van der Waals surface area contributed by atoms with E-state index in [-0.39, 0.29) is 22.1 Å². The van der Waals surface area contributed by atoms with Crippen molar-refractivity contribution in [3.8, 4) is 17.1 Å². The average molecular weight is 525 g/mol. The number of fused-ring (bicyclic) bond motifs is 2. The molecule has 2 aromatic heterocycles. The molecule has 3 N–H and O–H groups in total. The highest BCUT2D eigenvalue weighted by Crippen LogP contribution is 2.41. The third-order valence-corrected chi connectivity index (χ3v) is 8.16. The quantitative estimate of drug-likeness (QED) is 0.374. The molecule has 10 heteroatoms. The predicted octanol–water partition coefficient (Wildman–Crippen LogP) is 5.13. The first-order chi connectivity index (χ1) is 17.5. The van der Waals surface area contributed by atoms with Gasteiger partial charge in [-0.3, -0.25) is 0 Å². The van der Waals surface area contributed by atoms with Gasteiger partial charge in [-0.05, 0) is 57.1 Å². The number of nitrogens with one attached hydrogen (secondary N) is 1. The lowest BCUT2D eigenvalue weighted by Gasteiger charge is -2.20. The van der Waals surface area contributed by atoms with Crippen molar-refractivity contribution < 1.29 is 9.13 Å². The Bertz CT molecular complexity index is 1510. The average Bonchev–Trinajstić information content (AvgIpc) is 3.47. The highest BCUT2D eigenvalue weighted by atomic mass is 35.5. The molecule has 0 radical (unpaired) electrons. The van der Waals surface area contributed by atoms with Crippen molar-refractivity contribution in [2.24, 2.45) is 0 Å². The van der Waals surface area contributed by atoms with Crippen LogP contribution in [0.4, 0.5) is 9.52 Å². The zero-order valence-electron chi connectivity index (χ0n) is 19.9. The van der Waals surface area contributed by atoms with Gasteiger partial charge in [-0.1, -0.05) is 41.1 Å². The second-order valence-electron chi connectivity index (χ2n) is 9.27. The van der Waals surface area contributed by atoms with E-state index in [1.807, 2.05) is 18.2 Å². The number of benzene rings is 2. The van der Waals surface area contributed by atoms with Crippen LogP contribution in [0, 0.1) is 5.82 Å². The van der Waals surface area contributed by atoms with E-state index in [2.05, 4.69) is 33.3 Å². The number of nitrogen functional groups attached to an aromatic ring is 1. The van der Waals surface area contributed by atoms with E-state index >= 15 is 4.39 Å². The summed E-state index contributed by atoms with van der Waals surface area (Å²) >= 11 is 8.10. The summed E-state index contributed by atoms with van der Waals surface area (Å²) in [7, 11) is 2.09. The van der Waals surface area contributed by atoms with Crippen LogP contribution in [-0.4, -0.2) is 59.2 Å². The van der Waals surface area contributed by atoms with Gasteiger partial charge in [0.15, 0.2) is 10.9 Å². The summed E-state index contributed by atoms with van der Waals surface area (Å²) in [4.78, 5) is 16.0. The van der Waals surface area contributed by atoms with Gasteiger partial charge < -0.3 is 20.7 Å². The van der Waals surface area contributed by atoms with E-state index in [4.69, 9.17) is 27.1 Å². The summed E-state index contributed by atoms with van der Waals surface area (Å²) < 4.78 is 23.3. The molecule has 0 bridgehead atoms. The lowest BCUT2D eigenvalue weighted by molar-refractivity contribution is 0.188. The molecule has 0 aliphatic carbocycles. The van der Waals surface area contributed by atoms with Crippen molar-refractivity contribution in [1.29, 1.82) is 0 Å². The van der Waals surface area contributed by atoms with Gasteiger partial charge >= 0.3 is 6.01 Å². The molecule has 2 aliphatic rings. The number of aromatic nitrogens is 3. The highest BCUT2D eigenvalue weighted by Gasteiger charge is 2.25. The van der Waals surface area contributed by atoms with Gasteiger partial charge in [0.2, 0.25) is 0 Å². The van der Waals surface area contributed by atoms with Crippen molar-refractivity contribution in [1.82, 2.24) is 25.2 Å². The molecule has 0 amide bonds. The van der Waals surface area contributed by atoms with Crippen LogP contribution < -0.4 is 15.8 Å². The molecule has 0 spiro atoms. The molecular weight excluding hydrogens is 499 g/mol. The summed E-state index contributed by atoms with van der Waals surface area (Å²) in [6, 6.07) is 7.81. The highest BCUT2D eigenvalue weighted by molar-refractivity contribution is 7.22. The first kappa shape index (κ1) is 23.5. The second-order valence-corrected chi connectivity index (χ2v) is 10.7. The minimum absolute atomic E-state index is 0.181. The maximum absolute atomic E-state index is 16.4. The second kappa shape index (κ2) is 9.55. The third kappa shape index (κ3) is 4.20. The van der Waals surface area contributed by atoms with Crippen molar-refractivity contribution >= 4 is 54.8 Å². The fraction of sp³-hybridized carbons (Fsp3) is 0.346. The molecule has 1 saturated heterocycles. The first-order valence-electron chi connectivity index (χ1n) is 12.1. The Labute approximate surface area is 217 Å². The summed E-state index contributed by atoms with van der Waals surface area (Å²) in [5.41, 5.74) is 9.30. The van der Waals surface area contributed by atoms with E-state index < -0.39 is 5.82 Å². The number of nitrogens with zero attached hydrogens (tertiary/aromatic N) is 4. The fourth-order valence-electron chi connectivity index (χ4n) is 5.10. The number of likely N-dealkylation sites (N-methyl/N-ethyl adjacent to an activating group) is 1. The number of nitrogens with two attached hydrogens (primary N) is 1. The van der Waals surface area contributed by atoms with Crippen LogP contribution in [0.5, 0.6) is 6.01 Å². The number of thiazole rings is 1. The van der Waals surface area contributed by atoms with Gasteiger partial charge in [-0.2, -0.15) is 9.97 Å². The molecule has 36 heavy (non-hydrogen) atoms. The van der Waals surface area contributed by atoms with Gasteiger partial charge in [0, 0.05) is 29.1 Å². The molecule has 1 unspecified atom stereocenters. The van der Waals surface area contributed by atoms with Crippen molar-refractivity contribution in [3.63, 3.8) is 0 Å². The predicted molar refractivity (Wildman–Crippen MR) is 144 cm³/mol. The van der Waals surface area contributed by atoms with Crippen molar-refractivity contribution in [2.45, 2.75) is 25.3 Å². The zero-order chi connectivity index (χ0) is 24.8. The number of ether oxygens (including phenoxy) is 1. The van der Waals surface area contributed by atoms with Crippen LogP contribution in [-0.2, 0) is 0 Å². The maximum atomic E-state index is 16.4. The van der Waals surface area contributed by atoms with E-state index in [0.29, 0.717) is 39.9 Å². The van der Waals surface area contributed by atoms with Crippen LogP contribution in [0.25, 0.3) is 37.8 Å². The molecule has 186 valence electrons. The minimum Gasteiger partial charge on any atom is -0.462 e. The van der Waals surface area contributed by atoms with Gasteiger partial charge in [0.1, 0.15) is 12.1 Å². The zero-order valence-corrected chi connectivity index (χ0v) is 21.4. The number of hydrogen-bond acceptors (Lipinski definition) is 8. The third-order valence-electron chi connectivity index (χ3n) is 7.01. The molecule has 4 aromatic rings. The maximum Gasteiger partial charge on any atom is 0.317 e. The number of likely N-dealkylation sites (tertiary alicyclic amines) is 1. The fourth-order valence-corrected chi connectivity index (χ4v) is 6.15. The molecular formula is C26H26ClFN6OS. The molecule has 4 heterocycles. The van der Waals surface area contributed by atoms with Crippen LogP contribution >= 0.6 is 22.9 Å². The van der Waals surface area contributed by atoms with Gasteiger partial charge in [0.25, 0.3) is 0 Å². The van der Waals surface area contributed by atoms with Crippen molar-refractivity contribution in [2.75, 3.05) is 39.0 Å². The van der Waals surface area contributed by atoms with E-state index in [1.165, 1.54) is 11.3 Å². The first-order valence-corrected chi connectivity index (χ1v) is 13.3. The largest absolute Gasteiger partial charge is 0.462 e. The molecule has 1 fully saturated rings. The lowest BCUT2D eigenvalue weighted by Crippen LogP contribution is -2.31. The SMILES string of the molecule is CN1CCCC1COc1nc(C2=CCNCC2)c2cc(Cl)c(-c3cccc4sc(N)nc34)c(F)c2n1. The van der Waals surface area contributed by atoms with Gasteiger partial charge in [-0.25, -0.2) is 9.37 Å². The summed E-state index contributed by atoms with van der Waals surface area (Å²) in [6.07, 6.45) is 5.05. The molecule has 6 rings (SSSR count). The molecule has 0 saturated carbocycles. The smallest absolute Gasteiger partial charge is 0.317 e. The lowest BCUT2D eigenvalue weighted by atomic mass is 9.97. The van der Waals surface area contributed by atoms with Crippen LogP contribution in [0.3, 0.4) is 0 Å². The van der Waals surface area contributed by atoms with Crippen LogP contribution in [0.15, 0.2) is 30.3 Å².